The van der Waals surface area contributed by atoms with E-state index in [0.29, 0.717) is 6.42 Å². The molecule has 1 fully saturated rings. The number of nitrogens with one attached hydrogen (secondary N) is 1. The minimum Gasteiger partial charge on any atom is -0.480 e. The third kappa shape index (κ3) is 3.10. The van der Waals surface area contributed by atoms with Crippen LogP contribution in [0.3, 0.4) is 0 Å². The summed E-state index contributed by atoms with van der Waals surface area (Å²) < 4.78 is 5.79. The lowest BCUT2D eigenvalue weighted by Gasteiger charge is -2.39. The van der Waals surface area contributed by atoms with Gasteiger partial charge in [-0.3, -0.25) is 4.79 Å². The number of fused-ring (bicyclic) bond motifs is 1. The highest BCUT2D eigenvalue weighted by atomic mass is 79.9. The van der Waals surface area contributed by atoms with Gasteiger partial charge >= 0.3 is 0 Å². The molecule has 0 radical (unpaired) electrons. The van der Waals surface area contributed by atoms with Crippen LogP contribution in [0.25, 0.3) is 0 Å². The van der Waals surface area contributed by atoms with E-state index in [1.165, 1.54) is 12.8 Å². The molecular weight excluding hydrogens is 330 g/mol. The van der Waals surface area contributed by atoms with Crippen molar-refractivity contribution in [2.45, 2.75) is 50.7 Å². The van der Waals surface area contributed by atoms with E-state index in [0.717, 1.165) is 35.4 Å². The fraction of sp³-hybridized carbons (Fsp3) is 0.588. The summed E-state index contributed by atoms with van der Waals surface area (Å²) in [6.07, 6.45) is 4.75. The Bertz CT molecular complexity index is 498. The number of halogens is 1. The number of carbonyl (C=O) groups excluding carboxylic acids is 1. The smallest absolute Gasteiger partial charge is 0.261 e. The molecular formula is C17H22BrNO2. The molecule has 1 saturated carbocycles. The molecule has 1 aromatic rings. The van der Waals surface area contributed by atoms with E-state index in [-0.39, 0.29) is 17.6 Å². The first kappa shape index (κ1) is 14.9. The summed E-state index contributed by atoms with van der Waals surface area (Å²) in [6.45, 7) is 2.29. The molecule has 1 unspecified atom stereocenters. The molecule has 3 rings (SSSR count). The van der Waals surface area contributed by atoms with Crippen molar-refractivity contribution in [1.29, 1.82) is 0 Å². The van der Waals surface area contributed by atoms with Gasteiger partial charge in [-0.25, -0.2) is 0 Å². The van der Waals surface area contributed by atoms with Gasteiger partial charge in [0.1, 0.15) is 5.75 Å². The molecule has 0 saturated heterocycles. The van der Waals surface area contributed by atoms with Crippen molar-refractivity contribution in [3.8, 4) is 5.75 Å². The van der Waals surface area contributed by atoms with Gasteiger partial charge in [-0.15, -0.1) is 0 Å². The van der Waals surface area contributed by atoms with Crippen LogP contribution in [0.15, 0.2) is 24.3 Å². The van der Waals surface area contributed by atoms with Crippen LogP contribution in [0.4, 0.5) is 0 Å². The third-order valence-corrected chi connectivity index (χ3v) is 5.89. The van der Waals surface area contributed by atoms with Crippen LogP contribution >= 0.6 is 15.9 Å². The van der Waals surface area contributed by atoms with Crippen molar-refractivity contribution in [1.82, 2.24) is 5.32 Å². The predicted molar refractivity (Wildman–Crippen MR) is 86.9 cm³/mol. The van der Waals surface area contributed by atoms with Crippen LogP contribution < -0.4 is 10.1 Å². The molecule has 3 nitrogen and oxygen atoms in total. The number of carbonyl (C=O) groups is 1. The minimum absolute atomic E-state index is 0.0280. The first-order valence-electron chi connectivity index (χ1n) is 7.74. The quantitative estimate of drug-likeness (QED) is 0.847. The van der Waals surface area contributed by atoms with Crippen LogP contribution in [0.1, 0.15) is 38.2 Å². The van der Waals surface area contributed by atoms with Crippen molar-refractivity contribution in [2.24, 2.45) is 5.92 Å². The zero-order valence-corrected chi connectivity index (χ0v) is 14.0. The Morgan fingerprint density at radius 1 is 1.38 bits per heavy atom. The second-order valence-corrected chi connectivity index (χ2v) is 7.06. The second-order valence-electron chi connectivity index (χ2n) is 6.50. The van der Waals surface area contributed by atoms with Crippen molar-refractivity contribution in [3.63, 3.8) is 0 Å². The molecule has 1 aliphatic carbocycles. The topological polar surface area (TPSA) is 38.3 Å². The molecule has 1 amide bonds. The van der Waals surface area contributed by atoms with Gasteiger partial charge in [-0.05, 0) is 43.2 Å². The highest BCUT2D eigenvalue weighted by Crippen LogP contribution is 2.34. The fourth-order valence-corrected chi connectivity index (χ4v) is 3.98. The van der Waals surface area contributed by atoms with Crippen molar-refractivity contribution in [3.05, 3.63) is 29.8 Å². The number of benzene rings is 1. The standard InChI is InChI=1S/C17H22BrNO2/c1-12-6-8-17(11-18,9-7-12)19-16(20)15-10-13-4-2-3-5-14(13)21-15/h2-5,12,15H,6-11H2,1H3,(H,19,20). The average molecular weight is 352 g/mol. The van der Waals surface area contributed by atoms with Gasteiger partial charge < -0.3 is 10.1 Å². The third-order valence-electron chi connectivity index (χ3n) is 4.82. The van der Waals surface area contributed by atoms with Gasteiger partial charge in [0.25, 0.3) is 5.91 Å². The molecule has 1 N–H and O–H groups in total. The Hall–Kier alpha value is -1.03. The number of amides is 1. The second kappa shape index (κ2) is 5.99. The highest BCUT2D eigenvalue weighted by molar-refractivity contribution is 9.09. The number of alkyl halides is 1. The van der Waals surface area contributed by atoms with Gasteiger partial charge in [0.15, 0.2) is 6.10 Å². The van der Waals surface area contributed by atoms with Gasteiger partial charge in [-0.2, -0.15) is 0 Å². The maximum Gasteiger partial charge on any atom is 0.261 e. The van der Waals surface area contributed by atoms with Gasteiger partial charge in [-0.1, -0.05) is 41.1 Å². The number of para-hydroxylation sites is 1. The van der Waals surface area contributed by atoms with E-state index in [9.17, 15) is 4.79 Å². The van der Waals surface area contributed by atoms with Crippen LogP contribution in [0.2, 0.25) is 0 Å². The van der Waals surface area contributed by atoms with Gasteiger partial charge in [0.2, 0.25) is 0 Å². The van der Waals surface area contributed by atoms with E-state index in [1.54, 1.807) is 0 Å². The zero-order chi connectivity index (χ0) is 14.9. The zero-order valence-electron chi connectivity index (χ0n) is 12.4. The maximum absolute atomic E-state index is 12.6. The molecule has 1 aromatic carbocycles. The van der Waals surface area contributed by atoms with Crippen molar-refractivity contribution in [2.75, 3.05) is 5.33 Å². The summed E-state index contributed by atoms with van der Waals surface area (Å²) in [6, 6.07) is 7.91. The summed E-state index contributed by atoms with van der Waals surface area (Å²) in [5, 5.41) is 4.09. The van der Waals surface area contributed by atoms with E-state index in [2.05, 4.69) is 28.2 Å². The minimum atomic E-state index is -0.377. The molecule has 0 spiro atoms. The Morgan fingerprint density at radius 2 is 2.10 bits per heavy atom. The molecule has 1 aliphatic heterocycles. The van der Waals surface area contributed by atoms with E-state index in [4.69, 9.17) is 4.74 Å². The number of ether oxygens (including phenoxy) is 1. The Balaban J connectivity index is 1.64. The number of rotatable bonds is 3. The molecule has 0 aromatic heterocycles. The van der Waals surface area contributed by atoms with E-state index < -0.39 is 0 Å². The van der Waals surface area contributed by atoms with Gasteiger partial charge in [0.05, 0.1) is 0 Å². The predicted octanol–water partition coefficient (Wildman–Crippen LogP) is 3.45. The Morgan fingerprint density at radius 3 is 2.76 bits per heavy atom. The summed E-state index contributed by atoms with van der Waals surface area (Å²) in [7, 11) is 0. The van der Waals surface area contributed by atoms with E-state index in [1.807, 2.05) is 24.3 Å². The van der Waals surface area contributed by atoms with Crippen molar-refractivity contribution < 1.29 is 9.53 Å². The highest BCUT2D eigenvalue weighted by Gasteiger charge is 2.38. The molecule has 114 valence electrons. The monoisotopic (exact) mass is 351 g/mol. The molecule has 1 atom stereocenters. The SMILES string of the molecule is CC1CCC(CBr)(NC(=O)C2Cc3ccccc3O2)CC1. The average Bonchev–Trinajstić information content (AvgIpc) is 2.94. The molecule has 4 heteroatoms. The van der Waals surface area contributed by atoms with E-state index >= 15 is 0 Å². The Kier molecular flexibility index (Phi) is 4.25. The van der Waals surface area contributed by atoms with Gasteiger partial charge in [0, 0.05) is 17.3 Å². The van der Waals surface area contributed by atoms with Crippen LogP contribution in [-0.2, 0) is 11.2 Å². The lowest BCUT2D eigenvalue weighted by molar-refractivity contribution is -0.129. The van der Waals surface area contributed by atoms with Crippen LogP contribution in [-0.4, -0.2) is 22.9 Å². The summed E-state index contributed by atoms with van der Waals surface area (Å²) >= 11 is 3.60. The normalized spacial score (nSPS) is 31.3. The summed E-state index contributed by atoms with van der Waals surface area (Å²) in [5.41, 5.74) is 1.03. The van der Waals surface area contributed by atoms with Crippen LogP contribution in [0, 0.1) is 5.92 Å². The molecule has 1 heterocycles. The lowest BCUT2D eigenvalue weighted by atomic mass is 9.78. The molecule has 2 aliphatic rings. The Labute approximate surface area is 134 Å². The van der Waals surface area contributed by atoms with Crippen molar-refractivity contribution >= 4 is 21.8 Å². The number of hydrogen-bond donors (Lipinski definition) is 1. The summed E-state index contributed by atoms with van der Waals surface area (Å²) in [4.78, 5) is 12.6. The first-order chi connectivity index (χ1) is 10.1. The van der Waals surface area contributed by atoms with Crippen LogP contribution in [0.5, 0.6) is 5.75 Å². The largest absolute Gasteiger partial charge is 0.480 e. The fourth-order valence-electron chi connectivity index (χ4n) is 3.28. The first-order valence-corrected chi connectivity index (χ1v) is 8.87. The lowest BCUT2D eigenvalue weighted by Crippen LogP contribution is -2.55. The maximum atomic E-state index is 12.6. The summed E-state index contributed by atoms with van der Waals surface area (Å²) in [5.74, 6) is 1.64. The number of hydrogen-bond acceptors (Lipinski definition) is 2. The molecule has 0 bridgehead atoms. The molecule has 21 heavy (non-hydrogen) atoms.